The molecule has 2 aliphatic rings. The molecule has 2 aromatic heterocycles. The predicted octanol–water partition coefficient (Wildman–Crippen LogP) is 3.49. The molecule has 0 bridgehead atoms. The Bertz CT molecular complexity index is 1090. The number of aromatic nitrogens is 1. The summed E-state index contributed by atoms with van der Waals surface area (Å²) in [5.74, 6) is -0.124. The minimum atomic E-state index is -0.124. The zero-order valence-electron chi connectivity index (χ0n) is 17.9. The Morgan fingerprint density at radius 1 is 1.16 bits per heavy atom. The summed E-state index contributed by atoms with van der Waals surface area (Å²) in [6.45, 7) is 4.73. The number of pyridine rings is 1. The first-order valence-electron chi connectivity index (χ1n) is 11.1. The lowest BCUT2D eigenvalue weighted by Gasteiger charge is -2.19. The van der Waals surface area contributed by atoms with E-state index in [4.69, 9.17) is 5.73 Å². The van der Waals surface area contributed by atoms with Gasteiger partial charge in [-0.2, -0.15) is 0 Å². The van der Waals surface area contributed by atoms with Crippen LogP contribution >= 0.6 is 11.3 Å². The van der Waals surface area contributed by atoms with Crippen LogP contribution in [0.25, 0.3) is 10.2 Å². The molecule has 1 aliphatic heterocycles. The molecule has 1 unspecified atom stereocenters. The lowest BCUT2D eigenvalue weighted by Crippen LogP contribution is -2.33. The number of aryl methyl sites for hydroxylation is 1. The Morgan fingerprint density at radius 2 is 1.97 bits per heavy atom. The summed E-state index contributed by atoms with van der Waals surface area (Å²) < 4.78 is 0. The van der Waals surface area contributed by atoms with Gasteiger partial charge in [0.1, 0.15) is 9.71 Å². The van der Waals surface area contributed by atoms with Gasteiger partial charge in [-0.25, -0.2) is 4.98 Å². The Labute approximate surface area is 186 Å². The van der Waals surface area contributed by atoms with Crippen molar-refractivity contribution in [1.29, 1.82) is 0 Å². The van der Waals surface area contributed by atoms with Crippen molar-refractivity contribution in [2.75, 3.05) is 30.3 Å². The first kappa shape index (κ1) is 20.3. The number of thiophene rings is 1. The van der Waals surface area contributed by atoms with E-state index >= 15 is 0 Å². The first-order chi connectivity index (χ1) is 15.1. The molecular weight excluding hydrogens is 406 g/mol. The number of nitrogen functional groups attached to an aromatic ring is 1. The molecule has 3 aromatic rings. The van der Waals surface area contributed by atoms with Crippen molar-refractivity contribution in [2.45, 2.75) is 44.7 Å². The normalized spacial score (nSPS) is 18.6. The van der Waals surface area contributed by atoms with Crippen molar-refractivity contribution in [3.8, 4) is 0 Å². The van der Waals surface area contributed by atoms with E-state index in [0.29, 0.717) is 23.2 Å². The van der Waals surface area contributed by atoms with Crippen LogP contribution in [-0.2, 0) is 6.42 Å². The highest BCUT2D eigenvalue weighted by atomic mass is 32.1. The van der Waals surface area contributed by atoms with E-state index < -0.39 is 0 Å². The number of amides is 1. The van der Waals surface area contributed by atoms with E-state index in [2.05, 4.69) is 44.8 Å². The van der Waals surface area contributed by atoms with Crippen LogP contribution in [0.4, 0.5) is 11.4 Å². The number of hydrogen-bond acceptors (Lipinski definition) is 6. The monoisotopic (exact) mass is 435 g/mol. The molecule has 6 nitrogen and oxygen atoms in total. The highest BCUT2D eigenvalue weighted by molar-refractivity contribution is 7.21. The summed E-state index contributed by atoms with van der Waals surface area (Å²) in [7, 11) is 0. The number of nitrogens with one attached hydrogen (secondary N) is 2. The predicted molar refractivity (Wildman–Crippen MR) is 128 cm³/mol. The van der Waals surface area contributed by atoms with E-state index in [1.165, 1.54) is 41.9 Å². The second kappa shape index (κ2) is 8.48. The Kier molecular flexibility index (Phi) is 5.54. The smallest absolute Gasteiger partial charge is 0.263 e. The molecule has 2 fully saturated rings. The number of carbonyl (C=O) groups excluding carboxylic acids is 1. The minimum Gasteiger partial charge on any atom is -0.397 e. The topological polar surface area (TPSA) is 83.3 Å². The fraction of sp³-hybridized carbons (Fsp3) is 0.417. The van der Waals surface area contributed by atoms with Crippen LogP contribution in [0.2, 0.25) is 0 Å². The van der Waals surface area contributed by atoms with Gasteiger partial charge in [0.15, 0.2) is 0 Å². The molecule has 0 spiro atoms. The van der Waals surface area contributed by atoms with E-state index in [1.807, 2.05) is 19.1 Å². The summed E-state index contributed by atoms with van der Waals surface area (Å²) in [4.78, 5) is 20.9. The molecule has 1 amide bonds. The number of fused-ring (bicyclic) bond motifs is 1. The van der Waals surface area contributed by atoms with E-state index in [-0.39, 0.29) is 5.91 Å². The van der Waals surface area contributed by atoms with Crippen LogP contribution in [0.5, 0.6) is 0 Å². The number of rotatable bonds is 7. The van der Waals surface area contributed by atoms with Crippen LogP contribution < -0.4 is 21.3 Å². The molecule has 1 saturated heterocycles. The number of nitrogens with two attached hydrogens (primary N) is 1. The molecule has 3 heterocycles. The van der Waals surface area contributed by atoms with Gasteiger partial charge in [-0.1, -0.05) is 12.1 Å². The maximum Gasteiger partial charge on any atom is 0.263 e. The second-order valence-electron chi connectivity index (χ2n) is 8.70. The molecule has 1 atom stereocenters. The summed E-state index contributed by atoms with van der Waals surface area (Å²) in [6, 6.07) is 14.0. The third kappa shape index (κ3) is 4.52. The van der Waals surface area contributed by atoms with Crippen molar-refractivity contribution in [3.63, 3.8) is 0 Å². The van der Waals surface area contributed by atoms with Crippen molar-refractivity contribution < 1.29 is 4.79 Å². The largest absolute Gasteiger partial charge is 0.397 e. The van der Waals surface area contributed by atoms with Crippen molar-refractivity contribution in [3.05, 3.63) is 52.5 Å². The average molecular weight is 436 g/mol. The molecule has 0 radical (unpaired) electrons. The van der Waals surface area contributed by atoms with Gasteiger partial charge in [-0.15, -0.1) is 11.3 Å². The Balaban J connectivity index is 1.14. The zero-order chi connectivity index (χ0) is 21.4. The second-order valence-corrected chi connectivity index (χ2v) is 9.69. The van der Waals surface area contributed by atoms with Crippen LogP contribution in [-0.4, -0.2) is 42.6 Å². The SMILES string of the molecule is Cc1ccc2c(N)c(C(=O)NCCc3ccc(N4CCC(NC5CC5)C4)cc3)sc2n1. The van der Waals surface area contributed by atoms with Gasteiger partial charge in [0, 0.05) is 48.5 Å². The lowest BCUT2D eigenvalue weighted by molar-refractivity contribution is 0.0959. The molecule has 5 rings (SSSR count). The molecule has 4 N–H and O–H groups in total. The maximum absolute atomic E-state index is 12.6. The maximum atomic E-state index is 12.6. The summed E-state index contributed by atoms with van der Waals surface area (Å²) in [5, 5.41) is 7.60. The highest BCUT2D eigenvalue weighted by Gasteiger charge is 2.29. The first-order valence-corrected chi connectivity index (χ1v) is 11.9. The summed E-state index contributed by atoms with van der Waals surface area (Å²) in [6.07, 6.45) is 4.70. The van der Waals surface area contributed by atoms with Gasteiger partial charge in [0.2, 0.25) is 0 Å². The Hall–Kier alpha value is -2.64. The van der Waals surface area contributed by atoms with Crippen LogP contribution in [0.3, 0.4) is 0 Å². The van der Waals surface area contributed by atoms with Gasteiger partial charge in [0.25, 0.3) is 5.91 Å². The fourth-order valence-electron chi connectivity index (χ4n) is 4.25. The molecule has 1 aliphatic carbocycles. The summed E-state index contributed by atoms with van der Waals surface area (Å²) >= 11 is 1.36. The van der Waals surface area contributed by atoms with Crippen LogP contribution in [0.15, 0.2) is 36.4 Å². The molecule has 7 heteroatoms. The average Bonchev–Trinajstić information content (AvgIpc) is 3.35. The Morgan fingerprint density at radius 3 is 2.74 bits per heavy atom. The molecule has 31 heavy (non-hydrogen) atoms. The highest BCUT2D eigenvalue weighted by Crippen LogP contribution is 2.32. The van der Waals surface area contributed by atoms with Crippen molar-refractivity contribution in [2.24, 2.45) is 0 Å². The molecule has 1 aromatic carbocycles. The van der Waals surface area contributed by atoms with Crippen LogP contribution in [0, 0.1) is 6.92 Å². The molecule has 162 valence electrons. The fourth-order valence-corrected chi connectivity index (χ4v) is 5.30. The number of benzene rings is 1. The number of carbonyl (C=O) groups is 1. The minimum absolute atomic E-state index is 0.124. The standard InChI is InChI=1S/C24H29N5OS/c1-15-2-9-20-21(25)22(31-24(20)27-15)23(30)26-12-10-16-3-7-19(8-4-16)29-13-11-18(14-29)28-17-5-6-17/h2-4,7-9,17-18,28H,5-6,10-14,25H2,1H3,(H,26,30). The van der Waals surface area contributed by atoms with Gasteiger partial charge < -0.3 is 21.3 Å². The third-order valence-corrected chi connectivity index (χ3v) is 7.29. The van der Waals surface area contributed by atoms with Crippen molar-refractivity contribution in [1.82, 2.24) is 15.6 Å². The lowest BCUT2D eigenvalue weighted by atomic mass is 10.1. The number of anilines is 2. The number of hydrogen-bond donors (Lipinski definition) is 3. The third-order valence-electron chi connectivity index (χ3n) is 6.18. The summed E-state index contributed by atoms with van der Waals surface area (Å²) in [5.41, 5.74) is 10.1. The van der Waals surface area contributed by atoms with Gasteiger partial charge in [-0.05, 0) is 62.4 Å². The van der Waals surface area contributed by atoms with E-state index in [1.54, 1.807) is 0 Å². The van der Waals surface area contributed by atoms with Gasteiger partial charge >= 0.3 is 0 Å². The number of nitrogens with zero attached hydrogens (tertiary/aromatic N) is 2. The zero-order valence-corrected chi connectivity index (χ0v) is 18.7. The quantitative estimate of drug-likeness (QED) is 0.529. The molecule has 1 saturated carbocycles. The van der Waals surface area contributed by atoms with E-state index in [9.17, 15) is 4.79 Å². The van der Waals surface area contributed by atoms with Crippen LogP contribution in [0.1, 0.15) is 40.2 Å². The van der Waals surface area contributed by atoms with E-state index in [0.717, 1.165) is 41.5 Å². The van der Waals surface area contributed by atoms with Gasteiger partial charge in [-0.3, -0.25) is 4.79 Å². The van der Waals surface area contributed by atoms with Crippen molar-refractivity contribution >= 4 is 38.8 Å². The van der Waals surface area contributed by atoms with Gasteiger partial charge in [0.05, 0.1) is 5.69 Å². The molecular formula is C24H29N5OS.